The van der Waals surface area contributed by atoms with Gasteiger partial charge in [0.15, 0.2) is 0 Å². The number of nitro benzene ring substituents is 1. The third-order valence-corrected chi connectivity index (χ3v) is 4.24. The summed E-state index contributed by atoms with van der Waals surface area (Å²) in [6.45, 7) is 2.23. The summed E-state index contributed by atoms with van der Waals surface area (Å²) in [5, 5.41) is 14.0. The first-order chi connectivity index (χ1) is 9.88. The molecule has 0 saturated carbocycles. The molecule has 0 heterocycles. The van der Waals surface area contributed by atoms with Gasteiger partial charge in [-0.05, 0) is 68.1 Å². The summed E-state index contributed by atoms with van der Waals surface area (Å²) >= 11 is 6.27. The third-order valence-electron chi connectivity index (χ3n) is 2.96. The van der Waals surface area contributed by atoms with Gasteiger partial charge >= 0.3 is 0 Å². The van der Waals surface area contributed by atoms with Crippen molar-refractivity contribution in [3.63, 3.8) is 0 Å². The normalized spacial score (nSPS) is 10.5. The van der Waals surface area contributed by atoms with Crippen molar-refractivity contribution in [3.05, 3.63) is 66.3 Å². The summed E-state index contributed by atoms with van der Waals surface area (Å²) in [5.74, 6) is -0.357. The van der Waals surface area contributed by atoms with E-state index in [9.17, 15) is 14.5 Å². The highest BCUT2D eigenvalue weighted by Crippen LogP contribution is 2.27. The SMILES string of the molecule is Cc1cc(Br)c(F)cc1NCc1ccc(Br)c([N+](=O)[O-])c1. The zero-order valence-corrected chi connectivity index (χ0v) is 14.2. The first-order valence-corrected chi connectivity index (χ1v) is 7.59. The van der Waals surface area contributed by atoms with Crippen LogP contribution in [0, 0.1) is 22.9 Å². The minimum absolute atomic E-state index is 0.00742. The predicted octanol–water partition coefficient (Wildman–Crippen LogP) is 5.18. The molecule has 7 heteroatoms. The molecule has 0 aliphatic rings. The molecule has 0 radical (unpaired) electrons. The van der Waals surface area contributed by atoms with Gasteiger partial charge in [-0.1, -0.05) is 6.07 Å². The minimum Gasteiger partial charge on any atom is -0.381 e. The van der Waals surface area contributed by atoms with Crippen LogP contribution in [0.4, 0.5) is 15.8 Å². The molecule has 0 atom stereocenters. The van der Waals surface area contributed by atoms with Gasteiger partial charge in [0.05, 0.1) is 13.9 Å². The molecular weight excluding hydrogens is 407 g/mol. The number of nitrogens with zero attached hydrogens (tertiary/aromatic N) is 1. The lowest BCUT2D eigenvalue weighted by atomic mass is 10.1. The van der Waals surface area contributed by atoms with E-state index in [0.717, 1.165) is 11.1 Å². The van der Waals surface area contributed by atoms with Crippen molar-refractivity contribution in [1.82, 2.24) is 0 Å². The van der Waals surface area contributed by atoms with E-state index in [2.05, 4.69) is 37.2 Å². The summed E-state index contributed by atoms with van der Waals surface area (Å²) in [7, 11) is 0. The number of hydrogen-bond acceptors (Lipinski definition) is 3. The Kier molecular flexibility index (Phi) is 4.95. The fourth-order valence-corrected chi connectivity index (χ4v) is 2.69. The van der Waals surface area contributed by atoms with Gasteiger partial charge in [0.25, 0.3) is 5.69 Å². The molecule has 0 saturated heterocycles. The molecule has 0 bridgehead atoms. The third kappa shape index (κ3) is 3.79. The molecule has 0 spiro atoms. The lowest BCUT2D eigenvalue weighted by Crippen LogP contribution is -2.02. The first-order valence-electron chi connectivity index (χ1n) is 6.01. The molecule has 0 amide bonds. The number of halogens is 3. The van der Waals surface area contributed by atoms with Crippen molar-refractivity contribution in [2.45, 2.75) is 13.5 Å². The van der Waals surface area contributed by atoms with E-state index in [1.54, 1.807) is 18.2 Å². The van der Waals surface area contributed by atoms with Gasteiger partial charge in [-0.3, -0.25) is 10.1 Å². The Hall–Kier alpha value is -1.47. The van der Waals surface area contributed by atoms with Crippen LogP contribution in [0.3, 0.4) is 0 Å². The lowest BCUT2D eigenvalue weighted by molar-refractivity contribution is -0.385. The summed E-state index contributed by atoms with van der Waals surface area (Å²) in [6.07, 6.45) is 0. The number of nitro groups is 1. The quantitative estimate of drug-likeness (QED) is 0.550. The Balaban J connectivity index is 2.19. The van der Waals surface area contributed by atoms with Gasteiger partial charge < -0.3 is 5.32 Å². The highest BCUT2D eigenvalue weighted by atomic mass is 79.9. The van der Waals surface area contributed by atoms with Crippen molar-refractivity contribution >= 4 is 43.2 Å². The fraction of sp³-hybridized carbons (Fsp3) is 0.143. The molecule has 0 fully saturated rings. The van der Waals surface area contributed by atoms with Gasteiger partial charge in [0.1, 0.15) is 5.82 Å². The van der Waals surface area contributed by atoms with Crippen LogP contribution in [0.2, 0.25) is 0 Å². The first kappa shape index (κ1) is 15.9. The fourth-order valence-electron chi connectivity index (χ4n) is 1.84. The Bertz CT molecular complexity index is 708. The van der Waals surface area contributed by atoms with Gasteiger partial charge in [-0.25, -0.2) is 4.39 Å². The molecule has 1 N–H and O–H groups in total. The van der Waals surface area contributed by atoms with E-state index in [-0.39, 0.29) is 11.5 Å². The van der Waals surface area contributed by atoms with Crippen molar-refractivity contribution in [2.24, 2.45) is 0 Å². The smallest absolute Gasteiger partial charge is 0.283 e. The maximum atomic E-state index is 13.5. The van der Waals surface area contributed by atoms with Gasteiger partial charge in [0.2, 0.25) is 0 Å². The van der Waals surface area contributed by atoms with Crippen LogP contribution in [0.1, 0.15) is 11.1 Å². The second-order valence-electron chi connectivity index (χ2n) is 4.48. The van der Waals surface area contributed by atoms with Crippen LogP contribution in [0.25, 0.3) is 0 Å². The predicted molar refractivity (Wildman–Crippen MR) is 87.0 cm³/mol. The standard InChI is InChI=1S/C14H11Br2FN2O2/c1-8-4-11(16)12(17)6-13(8)18-7-9-2-3-10(15)14(5-9)19(20)21/h2-6,18H,7H2,1H3. The number of nitrogens with one attached hydrogen (secondary N) is 1. The van der Waals surface area contributed by atoms with E-state index in [1.165, 1.54) is 12.1 Å². The molecule has 2 aromatic carbocycles. The molecule has 0 aliphatic carbocycles. The topological polar surface area (TPSA) is 55.2 Å². The van der Waals surface area contributed by atoms with Crippen molar-refractivity contribution in [2.75, 3.05) is 5.32 Å². The zero-order chi connectivity index (χ0) is 15.6. The largest absolute Gasteiger partial charge is 0.381 e. The molecule has 21 heavy (non-hydrogen) atoms. The number of rotatable bonds is 4. The molecule has 0 unspecified atom stereocenters. The molecule has 2 aromatic rings. The number of hydrogen-bond donors (Lipinski definition) is 1. The number of benzene rings is 2. The maximum Gasteiger partial charge on any atom is 0.283 e. The molecule has 0 aromatic heterocycles. The summed E-state index contributed by atoms with van der Waals surface area (Å²) in [4.78, 5) is 10.4. The molecule has 0 aliphatic heterocycles. The van der Waals surface area contributed by atoms with Crippen LogP contribution in [-0.4, -0.2) is 4.92 Å². The van der Waals surface area contributed by atoms with E-state index in [0.29, 0.717) is 21.2 Å². The minimum atomic E-state index is -0.446. The van der Waals surface area contributed by atoms with E-state index in [1.807, 2.05) is 6.92 Å². The van der Waals surface area contributed by atoms with Gasteiger partial charge in [0, 0.05) is 18.3 Å². The van der Waals surface area contributed by atoms with Gasteiger partial charge in [-0.15, -0.1) is 0 Å². The van der Waals surface area contributed by atoms with Crippen molar-refractivity contribution in [1.29, 1.82) is 0 Å². The summed E-state index contributed by atoms with van der Waals surface area (Å²) in [5.41, 5.74) is 2.29. The van der Waals surface area contributed by atoms with Crippen LogP contribution >= 0.6 is 31.9 Å². The van der Waals surface area contributed by atoms with Crippen molar-refractivity contribution < 1.29 is 9.31 Å². The highest BCUT2D eigenvalue weighted by molar-refractivity contribution is 9.10. The number of aryl methyl sites for hydroxylation is 1. The lowest BCUT2D eigenvalue weighted by Gasteiger charge is -2.11. The molecule has 110 valence electrons. The Morgan fingerprint density at radius 3 is 2.62 bits per heavy atom. The second-order valence-corrected chi connectivity index (χ2v) is 6.19. The summed E-state index contributed by atoms with van der Waals surface area (Å²) < 4.78 is 14.4. The van der Waals surface area contributed by atoms with Crippen LogP contribution < -0.4 is 5.32 Å². The second kappa shape index (κ2) is 6.53. The van der Waals surface area contributed by atoms with Crippen LogP contribution in [0.5, 0.6) is 0 Å². The van der Waals surface area contributed by atoms with Crippen LogP contribution in [-0.2, 0) is 6.54 Å². The maximum absolute atomic E-state index is 13.5. The zero-order valence-electron chi connectivity index (χ0n) is 11.0. The molecular formula is C14H11Br2FN2O2. The monoisotopic (exact) mass is 416 g/mol. The average Bonchev–Trinajstić information content (AvgIpc) is 2.42. The summed E-state index contributed by atoms with van der Waals surface area (Å²) in [6, 6.07) is 7.97. The van der Waals surface area contributed by atoms with E-state index < -0.39 is 4.92 Å². The number of anilines is 1. The average molecular weight is 418 g/mol. The molecule has 4 nitrogen and oxygen atoms in total. The Morgan fingerprint density at radius 1 is 1.24 bits per heavy atom. The van der Waals surface area contributed by atoms with E-state index >= 15 is 0 Å². The Labute approximate surface area is 137 Å². The Morgan fingerprint density at radius 2 is 1.95 bits per heavy atom. The molecule has 2 rings (SSSR count). The van der Waals surface area contributed by atoms with E-state index in [4.69, 9.17) is 0 Å². The van der Waals surface area contributed by atoms with Gasteiger partial charge in [-0.2, -0.15) is 0 Å². The van der Waals surface area contributed by atoms with Crippen molar-refractivity contribution in [3.8, 4) is 0 Å². The highest BCUT2D eigenvalue weighted by Gasteiger charge is 2.12. The van der Waals surface area contributed by atoms with Crippen LogP contribution in [0.15, 0.2) is 39.3 Å².